The maximum atomic E-state index is 14.3. The molecule has 11 heteroatoms. The molecule has 0 amide bonds. The molecule has 2 saturated carbocycles. The van der Waals surface area contributed by atoms with Gasteiger partial charge < -0.3 is 34.3 Å². The summed E-state index contributed by atoms with van der Waals surface area (Å²) in [6.07, 6.45) is -6.05. The van der Waals surface area contributed by atoms with Gasteiger partial charge in [0.15, 0.2) is 23.1 Å². The molecule has 3 N–H and O–H groups in total. The second-order valence-electron chi connectivity index (χ2n) is 12.3. The lowest BCUT2D eigenvalue weighted by Gasteiger charge is -2.67. The average molecular weight is 573 g/mol. The molecular formula is C30H36O11. The van der Waals surface area contributed by atoms with Crippen molar-refractivity contribution in [1.29, 1.82) is 0 Å². The number of ketones is 1. The number of ether oxygens (including phenoxy) is 4. The molecule has 3 fully saturated rings. The topological polar surface area (TPSA) is 166 Å². The van der Waals surface area contributed by atoms with Gasteiger partial charge in [0.05, 0.1) is 35.7 Å². The minimum absolute atomic E-state index is 0.0589. The smallest absolute Gasteiger partial charge is 0.338 e. The lowest BCUT2D eigenvalue weighted by Crippen LogP contribution is -2.82. The molecule has 41 heavy (non-hydrogen) atoms. The van der Waals surface area contributed by atoms with E-state index in [0.29, 0.717) is 0 Å². The third kappa shape index (κ3) is 4.08. The lowest BCUT2D eigenvalue weighted by molar-refractivity contribution is -0.346. The molecule has 4 aliphatic rings. The first kappa shape index (κ1) is 29.4. The zero-order valence-electron chi connectivity index (χ0n) is 23.7. The Balaban J connectivity index is 1.85. The molecule has 9 atom stereocenters. The fraction of sp³-hybridized carbons (Fsp3) is 0.600. The van der Waals surface area contributed by atoms with Gasteiger partial charge in [0.1, 0.15) is 12.2 Å². The highest BCUT2D eigenvalue weighted by molar-refractivity contribution is 5.94. The molecule has 1 aliphatic heterocycles. The standard InChI is InChI=1S/C30H36O11/c1-15(31)40-29-14-38-21(29)12-20(34)28(5)23(29)25(39-26(37)17-9-7-6-8-10-17)30(41-16(2)32)13-18(33)11-19(27(30,3)4)22(35)24(28)36/h6-11,18,20-23,25,33-35H,12-14H2,1-5H3/t18-,20+,21?,22-,23+,25+,28-,29+,30-/m1/s1. The first-order chi connectivity index (χ1) is 19.1. The Labute approximate surface area is 237 Å². The number of aliphatic hydroxyl groups excluding tert-OH is 3. The van der Waals surface area contributed by atoms with Gasteiger partial charge in [-0.05, 0) is 24.6 Å². The van der Waals surface area contributed by atoms with E-state index in [1.54, 1.807) is 32.0 Å². The Kier molecular flexibility index (Phi) is 6.97. The van der Waals surface area contributed by atoms with E-state index in [1.165, 1.54) is 32.1 Å². The van der Waals surface area contributed by atoms with Crippen LogP contribution in [0.2, 0.25) is 0 Å². The van der Waals surface area contributed by atoms with Crippen LogP contribution < -0.4 is 0 Å². The van der Waals surface area contributed by atoms with E-state index in [9.17, 15) is 34.5 Å². The second kappa shape index (κ2) is 9.72. The van der Waals surface area contributed by atoms with E-state index < -0.39 is 82.2 Å². The van der Waals surface area contributed by atoms with E-state index in [2.05, 4.69) is 0 Å². The summed E-state index contributed by atoms with van der Waals surface area (Å²) in [5.41, 5.74) is -6.53. The molecule has 1 aromatic carbocycles. The van der Waals surface area contributed by atoms with E-state index in [0.717, 1.165) is 6.92 Å². The largest absolute Gasteiger partial charge is 0.454 e. The number of benzene rings is 1. The summed E-state index contributed by atoms with van der Waals surface area (Å²) in [5.74, 6) is -4.46. The van der Waals surface area contributed by atoms with Gasteiger partial charge in [0, 0.05) is 32.1 Å². The second-order valence-corrected chi connectivity index (χ2v) is 12.3. The molecule has 222 valence electrons. The van der Waals surface area contributed by atoms with E-state index in [1.807, 2.05) is 0 Å². The SMILES string of the molecule is CC(=O)O[C@@]12COC1C[C@H](O)[C@@]1(C)C(=O)[C@H](O)C3=C[C@@H](O)C[C@@](OC(C)=O)([C@@H](OC(=O)c4ccccc4)[C@@H]12)C3(C)C. The molecule has 0 radical (unpaired) electrons. The number of carbonyl (C=O) groups is 4. The fourth-order valence-electron chi connectivity index (χ4n) is 7.70. The van der Waals surface area contributed by atoms with E-state index in [4.69, 9.17) is 18.9 Å². The van der Waals surface area contributed by atoms with Crippen LogP contribution in [0, 0.1) is 16.7 Å². The van der Waals surface area contributed by atoms with Crippen LogP contribution in [0.5, 0.6) is 0 Å². The molecule has 5 rings (SSSR count). The number of aliphatic hydroxyl groups is 3. The van der Waals surface area contributed by atoms with Gasteiger partial charge in [-0.3, -0.25) is 14.4 Å². The number of hydrogen-bond acceptors (Lipinski definition) is 11. The zero-order chi connectivity index (χ0) is 30.1. The quantitative estimate of drug-likeness (QED) is 0.270. The van der Waals surface area contributed by atoms with Crippen LogP contribution in [-0.4, -0.2) is 87.3 Å². The highest BCUT2D eigenvalue weighted by Gasteiger charge is 2.78. The molecule has 3 aliphatic carbocycles. The molecular weight excluding hydrogens is 536 g/mol. The summed E-state index contributed by atoms with van der Waals surface area (Å²) < 4.78 is 24.0. The molecule has 11 nitrogen and oxygen atoms in total. The third-order valence-electron chi connectivity index (χ3n) is 9.76. The summed E-state index contributed by atoms with van der Waals surface area (Å²) in [6.45, 7) is 6.84. The minimum Gasteiger partial charge on any atom is -0.454 e. The molecule has 0 spiro atoms. The monoisotopic (exact) mass is 572 g/mol. The average Bonchev–Trinajstić information content (AvgIpc) is 2.89. The van der Waals surface area contributed by atoms with Gasteiger partial charge in [-0.25, -0.2) is 4.79 Å². The first-order valence-electron chi connectivity index (χ1n) is 13.7. The molecule has 1 aromatic rings. The zero-order valence-corrected chi connectivity index (χ0v) is 23.7. The van der Waals surface area contributed by atoms with Crippen LogP contribution >= 0.6 is 0 Å². The van der Waals surface area contributed by atoms with Crippen molar-refractivity contribution in [3.8, 4) is 0 Å². The lowest BCUT2D eigenvalue weighted by atomic mass is 9.45. The van der Waals surface area contributed by atoms with Crippen molar-refractivity contribution >= 4 is 23.7 Å². The summed E-state index contributed by atoms with van der Waals surface area (Å²) in [4.78, 5) is 53.4. The number of hydrogen-bond donors (Lipinski definition) is 3. The van der Waals surface area contributed by atoms with Gasteiger partial charge in [0.25, 0.3) is 0 Å². The van der Waals surface area contributed by atoms with Crippen molar-refractivity contribution in [1.82, 2.24) is 0 Å². The van der Waals surface area contributed by atoms with Crippen molar-refractivity contribution < 1.29 is 53.4 Å². The Bertz CT molecular complexity index is 1300. The van der Waals surface area contributed by atoms with Crippen molar-refractivity contribution in [2.45, 2.75) is 89.2 Å². The predicted octanol–water partition coefficient (Wildman–Crippen LogP) is 1.26. The summed E-state index contributed by atoms with van der Waals surface area (Å²) in [5, 5.41) is 34.2. The fourth-order valence-corrected chi connectivity index (χ4v) is 7.70. The van der Waals surface area contributed by atoms with Gasteiger partial charge in [0.2, 0.25) is 0 Å². The van der Waals surface area contributed by atoms with Crippen LogP contribution in [0.15, 0.2) is 42.0 Å². The predicted molar refractivity (Wildman–Crippen MR) is 140 cm³/mol. The number of rotatable bonds is 4. The number of carbonyl (C=O) groups excluding carboxylic acids is 4. The van der Waals surface area contributed by atoms with Crippen LogP contribution in [0.1, 0.15) is 57.8 Å². The Morgan fingerprint density at radius 3 is 2.17 bits per heavy atom. The Morgan fingerprint density at radius 1 is 0.976 bits per heavy atom. The van der Waals surface area contributed by atoms with Crippen molar-refractivity contribution in [3.63, 3.8) is 0 Å². The summed E-state index contributed by atoms with van der Waals surface area (Å²) in [7, 11) is 0. The Hall–Kier alpha value is -3.12. The highest BCUT2D eigenvalue weighted by atomic mass is 16.6. The van der Waals surface area contributed by atoms with Gasteiger partial charge in [-0.15, -0.1) is 0 Å². The van der Waals surface area contributed by atoms with E-state index in [-0.39, 0.29) is 30.6 Å². The van der Waals surface area contributed by atoms with Gasteiger partial charge in [-0.2, -0.15) is 0 Å². The molecule has 1 unspecified atom stereocenters. The maximum Gasteiger partial charge on any atom is 0.338 e. The normalized spacial score (nSPS) is 40.8. The van der Waals surface area contributed by atoms with Crippen LogP contribution in [0.25, 0.3) is 0 Å². The molecule has 1 saturated heterocycles. The number of fused-ring (bicyclic) bond motifs is 5. The van der Waals surface area contributed by atoms with Crippen LogP contribution in [0.4, 0.5) is 0 Å². The molecule has 2 bridgehead atoms. The third-order valence-corrected chi connectivity index (χ3v) is 9.76. The van der Waals surface area contributed by atoms with Crippen LogP contribution in [0.3, 0.4) is 0 Å². The highest BCUT2D eigenvalue weighted by Crippen LogP contribution is 2.64. The van der Waals surface area contributed by atoms with Crippen molar-refractivity contribution in [3.05, 3.63) is 47.5 Å². The van der Waals surface area contributed by atoms with Crippen molar-refractivity contribution in [2.24, 2.45) is 16.7 Å². The molecule has 0 aromatic heterocycles. The molecule has 1 heterocycles. The van der Waals surface area contributed by atoms with Gasteiger partial charge in [-0.1, -0.05) is 38.1 Å². The Morgan fingerprint density at radius 2 is 1.61 bits per heavy atom. The van der Waals surface area contributed by atoms with E-state index >= 15 is 0 Å². The van der Waals surface area contributed by atoms with Gasteiger partial charge >= 0.3 is 17.9 Å². The first-order valence-corrected chi connectivity index (χ1v) is 13.7. The number of esters is 3. The summed E-state index contributed by atoms with van der Waals surface area (Å²) in [6, 6.07) is 8.03. The number of Topliss-reactive ketones (excluding diaryl/α,β-unsaturated/α-hetero) is 1. The van der Waals surface area contributed by atoms with Crippen molar-refractivity contribution in [2.75, 3.05) is 6.61 Å². The van der Waals surface area contributed by atoms with Crippen LogP contribution in [-0.2, 0) is 33.3 Å². The maximum absolute atomic E-state index is 14.3. The minimum atomic E-state index is -1.88. The summed E-state index contributed by atoms with van der Waals surface area (Å²) >= 11 is 0.